The monoisotopic (exact) mass is 2850 g/mol. The average Bonchev–Trinajstić information content (AvgIpc) is 1.52. The Hall–Kier alpha value is -13.7. The number of pyridine rings is 8. The summed E-state index contributed by atoms with van der Waals surface area (Å²) in [5.74, 6) is 2.09. The summed E-state index contributed by atoms with van der Waals surface area (Å²) in [6, 6.07) is 59.0. The van der Waals surface area contributed by atoms with Crippen LogP contribution in [0.5, 0.6) is 0 Å². The molecule has 144 heavy (non-hydrogen) atoms. The predicted molar refractivity (Wildman–Crippen MR) is 532 cm³/mol. The van der Waals surface area contributed by atoms with Crippen LogP contribution in [-0.2, 0) is 117 Å². The van der Waals surface area contributed by atoms with Crippen LogP contribution in [-0.4, -0.2) is 127 Å². The molecule has 1 aromatic carbocycles. The average molecular weight is 2850 g/mol. The molecule has 0 spiro atoms. The number of halogens is 3. The van der Waals surface area contributed by atoms with Gasteiger partial charge in [-0.3, -0.25) is 65.0 Å². The number of carboxylic acids is 1. The van der Waals surface area contributed by atoms with Crippen molar-refractivity contribution in [2.75, 3.05) is 0 Å². The molecular weight excluding hydrogens is 2740 g/mol. The fourth-order valence-electron chi connectivity index (χ4n) is 13.3. The quantitative estimate of drug-likeness (QED) is 0.133. The smallest absolute Gasteiger partial charge is 0.574 e. The molecule has 22 rings (SSSR count). The van der Waals surface area contributed by atoms with Crippen LogP contribution in [0.15, 0.2) is 281 Å². The molecular formula is C102H114F3N32O2Pt5-. The Morgan fingerprint density at radius 2 is 0.688 bits per heavy atom. The van der Waals surface area contributed by atoms with Crippen molar-refractivity contribution in [3.63, 3.8) is 0 Å². The van der Waals surface area contributed by atoms with Crippen LogP contribution in [0.4, 0.5) is 13.2 Å². The van der Waals surface area contributed by atoms with Crippen LogP contribution in [0.25, 0.3) is 114 Å². The van der Waals surface area contributed by atoms with E-state index in [1.54, 1.807) is 112 Å². The van der Waals surface area contributed by atoms with Gasteiger partial charge in [-0.2, -0.15) is 13.2 Å². The van der Waals surface area contributed by atoms with Gasteiger partial charge in [0.25, 0.3) is 0 Å². The van der Waals surface area contributed by atoms with Gasteiger partial charge in [0, 0.05) is 175 Å². The van der Waals surface area contributed by atoms with E-state index in [1.165, 1.54) is 53.3 Å². The predicted octanol–water partition coefficient (Wildman–Crippen LogP) is 19.8. The zero-order valence-electron chi connectivity index (χ0n) is 73.9. The number of fused-ring (bicyclic) bond motifs is 6. The van der Waals surface area contributed by atoms with E-state index in [0.717, 1.165) is 114 Å². The number of alkyl halides is 3. The maximum Gasteiger partial charge on any atom is 2.00 e. The molecule has 0 saturated heterocycles. The van der Waals surface area contributed by atoms with Crippen molar-refractivity contribution in [3.05, 3.63) is 344 Å². The Morgan fingerprint density at radius 1 is 0.354 bits per heavy atom. The van der Waals surface area contributed by atoms with E-state index >= 15 is 0 Å². The minimum atomic E-state index is -4.46. The number of hydrogen-bond donors (Lipinski definition) is 1. The number of aryl methyl sites for hydroxylation is 7. The van der Waals surface area contributed by atoms with E-state index < -0.39 is 17.8 Å². The summed E-state index contributed by atoms with van der Waals surface area (Å²) < 4.78 is 36.6. The Kier molecular flexibility index (Phi) is 57.3. The molecule has 766 valence electrons. The van der Waals surface area contributed by atoms with E-state index in [0.29, 0.717) is 34.9 Å². The Balaban J connectivity index is 0.00000158. The van der Waals surface area contributed by atoms with Gasteiger partial charge < -0.3 is 96.7 Å². The Bertz CT molecular complexity index is 6140. The topological polar surface area (TPSA) is 461 Å². The van der Waals surface area contributed by atoms with Crippen LogP contribution in [0.3, 0.4) is 0 Å². The van der Waals surface area contributed by atoms with Gasteiger partial charge in [0.2, 0.25) is 0 Å². The summed E-state index contributed by atoms with van der Waals surface area (Å²) in [6.07, 6.45) is 21.4. The first-order valence-electron chi connectivity index (χ1n) is 40.6. The molecule has 20 aromatic rings. The fourth-order valence-corrected chi connectivity index (χ4v) is 13.3. The van der Waals surface area contributed by atoms with Crippen molar-refractivity contribution < 1.29 is 128 Å². The van der Waals surface area contributed by atoms with Crippen molar-refractivity contribution >= 4 is 16.7 Å². The van der Waals surface area contributed by atoms with E-state index in [-0.39, 0.29) is 187 Å². The van der Waals surface area contributed by atoms with Gasteiger partial charge in [0.1, 0.15) is 11.4 Å². The van der Waals surface area contributed by atoms with Crippen LogP contribution in [0.2, 0.25) is 0 Å². The third-order valence-corrected chi connectivity index (χ3v) is 20.0. The van der Waals surface area contributed by atoms with Crippen molar-refractivity contribution in [3.8, 4) is 103 Å². The molecule has 2 bridgehead atoms. The van der Waals surface area contributed by atoms with Crippen LogP contribution in [0.1, 0.15) is 167 Å². The van der Waals surface area contributed by atoms with Gasteiger partial charge in [-0.15, -0.1) is 0 Å². The summed E-state index contributed by atoms with van der Waals surface area (Å²) in [6.45, 7) is 20.3. The first kappa shape index (κ1) is 130. The van der Waals surface area contributed by atoms with Crippen molar-refractivity contribution in [2.24, 2.45) is 5.41 Å². The number of carbonyl (C=O) groups is 1. The van der Waals surface area contributed by atoms with Gasteiger partial charge in [0.05, 0.1) is 40.9 Å². The molecule has 19 aromatic heterocycles. The van der Waals surface area contributed by atoms with Gasteiger partial charge in [-0.05, 0) is 192 Å². The molecule has 2 unspecified atom stereocenters. The number of benzene rings is 1. The van der Waals surface area contributed by atoms with E-state index in [2.05, 4.69) is 213 Å². The summed E-state index contributed by atoms with van der Waals surface area (Å²) in [7, 11) is 0. The van der Waals surface area contributed by atoms with Gasteiger partial charge in [0.15, 0.2) is 0 Å². The standard InChI is InChI=1S/C20H20N3.C9H5F3N3.3C9H8N3.4C8H7N4.C6H5NO2.8CH4.5Pt/c1-19(2)14-8-10-20(19,3)18-15(14)17(22-23-18)16-13-7-5-4-6-12(13)9-11-21-16;10-9(11,12)8-5-7(14-15-8)6-3-1-2-4-13-6;3*1-7-6-9(12-11-7)8-4-2-3-5-10-8;2*1-6-4-7(12-11-6)8-5-9-2-3-10-8;2*1-6-10-8(12-11-6)7-4-2-3-5-9-7;8-6(9)5-3-1-2-4-7-5;;;;;;;;;;;;;/h4-7,9,11,14H,8,10H2,1-3H3;1-5H;3*2-6H,1H3;4*2-5H,1H3;1-4H,(H,8,9);8*1H4;;;;;/q9*-1;;;;;;;;;;;4*+2. The minimum Gasteiger partial charge on any atom is -0.574 e. The molecule has 2 atom stereocenters. The van der Waals surface area contributed by atoms with Crippen LogP contribution in [0, 0.1) is 53.9 Å². The Morgan fingerprint density at radius 3 is 0.986 bits per heavy atom. The molecule has 0 amide bonds. The molecule has 2 aliphatic rings. The molecule has 19 heterocycles. The van der Waals surface area contributed by atoms with Crippen LogP contribution < -0.4 is 45.9 Å². The molecule has 1 saturated carbocycles. The second kappa shape index (κ2) is 63.3. The number of aromatic nitrogens is 32. The number of hydrogen-bond acceptors (Lipinski definition) is 24. The number of aromatic carboxylic acids is 1. The third kappa shape index (κ3) is 35.7. The first-order chi connectivity index (χ1) is 63.4. The van der Waals surface area contributed by atoms with E-state index in [1.807, 2.05) is 162 Å². The number of rotatable bonds is 10. The molecule has 1 N–H and O–H groups in total. The normalized spacial score (nSPS) is 12.0. The zero-order valence-corrected chi connectivity index (χ0v) is 85.3. The molecule has 42 heteroatoms. The molecule has 1 fully saturated rings. The summed E-state index contributed by atoms with van der Waals surface area (Å²) in [4.78, 5) is 67.2. The largest absolute Gasteiger partial charge is 2.00 e. The zero-order chi connectivity index (χ0) is 92.1. The van der Waals surface area contributed by atoms with Gasteiger partial charge in [-0.1, -0.05) is 217 Å². The van der Waals surface area contributed by atoms with Crippen molar-refractivity contribution in [1.82, 2.24) is 162 Å². The maximum atomic E-state index is 12.2. The summed E-state index contributed by atoms with van der Waals surface area (Å²) in [5, 5.41) is 81.0. The fraction of sp³-hybridized carbons (Fsp3) is 0.235. The molecule has 0 aliphatic heterocycles. The third-order valence-electron chi connectivity index (χ3n) is 20.0. The molecule has 2 aliphatic carbocycles. The minimum absolute atomic E-state index is 0. The first-order valence-corrected chi connectivity index (χ1v) is 40.6. The molecule has 0 radical (unpaired) electrons. The SMILES string of the molecule is C.C.C.C.C.C.C.C.CC12CCC(c3c1n[n-]c3-c1nccc3ccccc13)C2(C)C.Cc1cc(-c2ccccn2)[n-]n1.Cc1cc(-c2ccccn2)[n-]n1.Cc1cc(-c2ccccn2)[n-]n1.Cc1cc(-c2cnccn2)[n-]n1.Cc1cc(-c2cnccn2)[n-]n1.Cc1n[n-]c(-c2ccccn2)n1.Cc1n[n-]c(-c2ccccn2)n1.FC(F)(F)c1cc(-c2ccccn2)[n-]n1.O=C(O)c1ccccn1.[Pt+2].[Pt+2].[Pt+2].[Pt+2].[Pt]. The second-order valence-electron chi connectivity index (χ2n) is 29.7. The van der Waals surface area contributed by atoms with E-state index in [4.69, 9.17) is 5.11 Å². The maximum absolute atomic E-state index is 12.2. The van der Waals surface area contributed by atoms with Crippen molar-refractivity contribution in [1.29, 1.82) is 0 Å². The number of nitrogens with zero attached hydrogens (tertiary/aromatic N) is 32. The molecule has 34 nitrogen and oxygen atoms in total. The van der Waals surface area contributed by atoms with Gasteiger partial charge >= 0.3 is 96.4 Å². The summed E-state index contributed by atoms with van der Waals surface area (Å²) >= 11 is 0. The van der Waals surface area contributed by atoms with Gasteiger partial charge in [-0.25, -0.2) is 9.78 Å². The Labute approximate surface area is 909 Å². The number of carboxylic acid groups (broad SMARTS) is 1. The van der Waals surface area contributed by atoms with Crippen LogP contribution >= 0.6 is 0 Å². The van der Waals surface area contributed by atoms with Crippen molar-refractivity contribution in [2.45, 2.75) is 159 Å². The van der Waals surface area contributed by atoms with E-state index in [9.17, 15) is 18.0 Å². The summed E-state index contributed by atoms with van der Waals surface area (Å²) in [5.41, 5.74) is 18.9. The second-order valence-corrected chi connectivity index (χ2v) is 29.7.